The molecule has 0 aliphatic carbocycles. The zero-order valence-electron chi connectivity index (χ0n) is 15.2. The van der Waals surface area contributed by atoms with Gasteiger partial charge in [-0.05, 0) is 23.5 Å². The normalized spacial score (nSPS) is 11.2. The van der Waals surface area contributed by atoms with Crippen molar-refractivity contribution in [3.63, 3.8) is 0 Å². The number of rotatable bonds is 6. The smallest absolute Gasteiger partial charge is 0.306 e. The molecule has 0 spiro atoms. The number of anilines is 3. The van der Waals surface area contributed by atoms with Crippen molar-refractivity contribution in [3.05, 3.63) is 35.7 Å². The molecule has 0 amide bonds. The third-order valence-electron chi connectivity index (χ3n) is 3.38. The summed E-state index contributed by atoms with van der Waals surface area (Å²) in [4.78, 5) is 24.2. The van der Waals surface area contributed by atoms with Crippen LogP contribution in [0.15, 0.2) is 24.3 Å². The average Bonchev–Trinajstić information content (AvgIpc) is 2.51. The summed E-state index contributed by atoms with van der Waals surface area (Å²) in [6.07, 6.45) is 1.20. The SMILES string of the molecule is CCc1ccccc1Nc1nc(N)nc(COC(=O)CC(C)(C)C)n1. The van der Waals surface area contributed by atoms with Crippen LogP contribution in [0.3, 0.4) is 0 Å². The molecule has 1 heterocycles. The van der Waals surface area contributed by atoms with E-state index in [4.69, 9.17) is 10.5 Å². The standard InChI is InChI=1S/C18H25N5O2/c1-5-12-8-6-7-9-13(12)20-17-22-14(21-16(19)23-17)11-25-15(24)10-18(2,3)4/h6-9H,5,10-11H2,1-4H3,(H3,19,20,21,22,23). The van der Waals surface area contributed by atoms with E-state index in [-0.39, 0.29) is 23.9 Å². The highest BCUT2D eigenvalue weighted by Gasteiger charge is 2.17. The van der Waals surface area contributed by atoms with Gasteiger partial charge in [0.25, 0.3) is 0 Å². The Morgan fingerprint density at radius 3 is 2.60 bits per heavy atom. The van der Waals surface area contributed by atoms with Crippen LogP contribution in [0.4, 0.5) is 17.6 Å². The Labute approximate surface area is 148 Å². The van der Waals surface area contributed by atoms with Crippen LogP contribution in [0.1, 0.15) is 45.5 Å². The van der Waals surface area contributed by atoms with Gasteiger partial charge in [0.05, 0.1) is 6.42 Å². The highest BCUT2D eigenvalue weighted by molar-refractivity contribution is 5.70. The number of hydrogen-bond acceptors (Lipinski definition) is 7. The van der Waals surface area contributed by atoms with Gasteiger partial charge >= 0.3 is 5.97 Å². The van der Waals surface area contributed by atoms with Crippen LogP contribution in [0.5, 0.6) is 0 Å². The maximum Gasteiger partial charge on any atom is 0.306 e. The van der Waals surface area contributed by atoms with Crippen molar-refractivity contribution < 1.29 is 9.53 Å². The highest BCUT2D eigenvalue weighted by Crippen LogP contribution is 2.20. The lowest BCUT2D eigenvalue weighted by molar-refractivity contribution is -0.147. The molecule has 134 valence electrons. The summed E-state index contributed by atoms with van der Waals surface area (Å²) >= 11 is 0. The van der Waals surface area contributed by atoms with E-state index in [1.165, 1.54) is 0 Å². The molecule has 3 N–H and O–H groups in total. The number of nitrogens with one attached hydrogen (secondary N) is 1. The summed E-state index contributed by atoms with van der Waals surface area (Å²) in [5, 5.41) is 3.15. The maximum atomic E-state index is 11.8. The van der Waals surface area contributed by atoms with Gasteiger partial charge in [0.2, 0.25) is 11.9 Å². The number of aryl methyl sites for hydroxylation is 1. The maximum absolute atomic E-state index is 11.8. The predicted octanol–water partition coefficient (Wildman–Crippen LogP) is 3.24. The van der Waals surface area contributed by atoms with Crippen LogP contribution in [0.25, 0.3) is 0 Å². The van der Waals surface area contributed by atoms with Crippen LogP contribution in [-0.4, -0.2) is 20.9 Å². The molecule has 0 radical (unpaired) electrons. The van der Waals surface area contributed by atoms with E-state index in [1.807, 2.05) is 45.0 Å². The summed E-state index contributed by atoms with van der Waals surface area (Å²) in [6.45, 7) is 7.96. The molecule has 0 bridgehead atoms. The molecule has 0 saturated carbocycles. The van der Waals surface area contributed by atoms with Gasteiger partial charge in [-0.3, -0.25) is 4.79 Å². The minimum Gasteiger partial charge on any atom is -0.457 e. The molecule has 0 atom stereocenters. The summed E-state index contributed by atoms with van der Waals surface area (Å²) in [6, 6.07) is 7.89. The number of nitrogens with zero attached hydrogens (tertiary/aromatic N) is 3. The van der Waals surface area contributed by atoms with Gasteiger partial charge in [-0.2, -0.15) is 15.0 Å². The Bertz CT molecular complexity index is 740. The van der Waals surface area contributed by atoms with E-state index in [0.717, 1.165) is 17.7 Å². The number of aromatic nitrogens is 3. The van der Waals surface area contributed by atoms with Gasteiger partial charge < -0.3 is 15.8 Å². The molecule has 0 unspecified atom stereocenters. The Morgan fingerprint density at radius 1 is 1.20 bits per heavy atom. The van der Waals surface area contributed by atoms with Crippen LogP contribution in [0, 0.1) is 5.41 Å². The molecule has 0 fully saturated rings. The number of para-hydroxylation sites is 1. The predicted molar refractivity (Wildman–Crippen MR) is 97.2 cm³/mol. The molecule has 1 aromatic heterocycles. The van der Waals surface area contributed by atoms with Crippen LogP contribution >= 0.6 is 0 Å². The van der Waals surface area contributed by atoms with Crippen molar-refractivity contribution >= 4 is 23.6 Å². The Balaban J connectivity index is 2.08. The largest absolute Gasteiger partial charge is 0.457 e. The number of hydrogen-bond donors (Lipinski definition) is 2. The van der Waals surface area contributed by atoms with E-state index in [0.29, 0.717) is 18.2 Å². The topological polar surface area (TPSA) is 103 Å². The molecule has 1 aromatic carbocycles. The number of nitrogens with two attached hydrogens (primary N) is 1. The minimum absolute atomic E-state index is 0.0360. The Morgan fingerprint density at radius 2 is 1.92 bits per heavy atom. The molecular weight excluding hydrogens is 318 g/mol. The zero-order chi connectivity index (χ0) is 18.4. The first kappa shape index (κ1) is 18.6. The molecular formula is C18H25N5O2. The van der Waals surface area contributed by atoms with Crippen molar-refractivity contribution in [3.8, 4) is 0 Å². The number of benzene rings is 1. The minimum atomic E-state index is -0.294. The van der Waals surface area contributed by atoms with Crippen molar-refractivity contribution in [1.29, 1.82) is 0 Å². The number of nitrogen functional groups attached to an aromatic ring is 1. The van der Waals surface area contributed by atoms with Crippen molar-refractivity contribution in [1.82, 2.24) is 15.0 Å². The molecule has 7 heteroatoms. The highest BCUT2D eigenvalue weighted by atomic mass is 16.5. The van der Waals surface area contributed by atoms with Crippen LogP contribution < -0.4 is 11.1 Å². The fraction of sp³-hybridized carbons (Fsp3) is 0.444. The fourth-order valence-electron chi connectivity index (χ4n) is 2.26. The van der Waals surface area contributed by atoms with Gasteiger partial charge in [0.1, 0.15) is 0 Å². The van der Waals surface area contributed by atoms with E-state index >= 15 is 0 Å². The van der Waals surface area contributed by atoms with E-state index in [1.54, 1.807) is 0 Å². The van der Waals surface area contributed by atoms with Gasteiger partial charge in [0.15, 0.2) is 12.4 Å². The summed E-state index contributed by atoms with van der Waals surface area (Å²) in [7, 11) is 0. The Kier molecular flexibility index (Phi) is 5.90. The van der Waals surface area contributed by atoms with Crippen molar-refractivity contribution in [2.75, 3.05) is 11.1 Å². The second kappa shape index (κ2) is 7.92. The molecule has 0 saturated heterocycles. The number of ether oxygens (including phenoxy) is 1. The first-order valence-corrected chi connectivity index (χ1v) is 8.28. The third-order valence-corrected chi connectivity index (χ3v) is 3.38. The zero-order valence-corrected chi connectivity index (χ0v) is 15.2. The second-order valence-corrected chi connectivity index (χ2v) is 6.97. The first-order chi connectivity index (χ1) is 11.8. The van der Waals surface area contributed by atoms with Crippen molar-refractivity contribution in [2.24, 2.45) is 5.41 Å². The molecule has 0 aliphatic rings. The van der Waals surface area contributed by atoms with Gasteiger partial charge in [-0.15, -0.1) is 0 Å². The summed E-state index contributed by atoms with van der Waals surface area (Å²) in [5.74, 6) is 0.423. The van der Waals surface area contributed by atoms with Crippen LogP contribution in [0.2, 0.25) is 0 Å². The van der Waals surface area contributed by atoms with E-state index in [2.05, 4.69) is 27.2 Å². The summed E-state index contributed by atoms with van der Waals surface area (Å²) < 4.78 is 5.23. The van der Waals surface area contributed by atoms with Gasteiger partial charge in [0, 0.05) is 5.69 Å². The fourth-order valence-corrected chi connectivity index (χ4v) is 2.26. The molecule has 2 aromatic rings. The lowest BCUT2D eigenvalue weighted by Gasteiger charge is -2.16. The molecule has 2 rings (SSSR count). The lowest BCUT2D eigenvalue weighted by atomic mass is 9.93. The number of carbonyl (C=O) groups is 1. The molecule has 7 nitrogen and oxygen atoms in total. The second-order valence-electron chi connectivity index (χ2n) is 6.97. The average molecular weight is 343 g/mol. The molecule has 0 aliphatic heterocycles. The van der Waals surface area contributed by atoms with Crippen LogP contribution in [-0.2, 0) is 22.6 Å². The van der Waals surface area contributed by atoms with E-state index < -0.39 is 0 Å². The summed E-state index contributed by atoms with van der Waals surface area (Å²) in [5.41, 5.74) is 7.66. The van der Waals surface area contributed by atoms with Gasteiger partial charge in [-0.1, -0.05) is 45.9 Å². The Hall–Kier alpha value is -2.70. The number of esters is 1. The monoisotopic (exact) mass is 343 g/mol. The van der Waals surface area contributed by atoms with E-state index in [9.17, 15) is 4.79 Å². The quantitative estimate of drug-likeness (QED) is 0.776. The first-order valence-electron chi connectivity index (χ1n) is 8.28. The lowest BCUT2D eigenvalue weighted by Crippen LogP contribution is -2.16. The number of carbonyl (C=O) groups excluding carboxylic acids is 1. The van der Waals surface area contributed by atoms with Crippen molar-refractivity contribution in [2.45, 2.75) is 47.1 Å². The molecule has 25 heavy (non-hydrogen) atoms. The third kappa shape index (κ3) is 6.02. The van der Waals surface area contributed by atoms with Gasteiger partial charge in [-0.25, -0.2) is 0 Å².